The second kappa shape index (κ2) is 11.3. The smallest absolute Gasteiger partial charge is 0.406 e. The summed E-state index contributed by atoms with van der Waals surface area (Å²) in [7, 11) is 1.96. The van der Waals surface area contributed by atoms with Gasteiger partial charge >= 0.3 is 6.36 Å². The molecule has 178 valence electrons. The number of anilines is 2. The zero-order valence-electron chi connectivity index (χ0n) is 18.1. The lowest BCUT2D eigenvalue weighted by Crippen LogP contribution is -2.34. The van der Waals surface area contributed by atoms with Crippen molar-refractivity contribution >= 4 is 39.0 Å². The Bertz CT molecular complexity index is 1060. The summed E-state index contributed by atoms with van der Waals surface area (Å²) in [5.74, 6) is -0.0924. The lowest BCUT2D eigenvalue weighted by atomic mass is 10.3. The first-order valence-electron chi connectivity index (χ1n) is 10.2. The van der Waals surface area contributed by atoms with Crippen molar-refractivity contribution in [3.63, 3.8) is 0 Å². The van der Waals surface area contributed by atoms with E-state index in [9.17, 15) is 18.0 Å². The summed E-state index contributed by atoms with van der Waals surface area (Å²) in [5.41, 5.74) is 0.511. The van der Waals surface area contributed by atoms with Gasteiger partial charge in [0.15, 0.2) is 0 Å². The molecule has 12 heteroatoms. The molecule has 2 N–H and O–H groups in total. The molecule has 1 amide bonds. The van der Waals surface area contributed by atoms with Crippen molar-refractivity contribution in [1.29, 1.82) is 0 Å². The van der Waals surface area contributed by atoms with Gasteiger partial charge in [0.05, 0.1) is 16.9 Å². The average Bonchev–Trinajstić information content (AvgIpc) is 3.20. The van der Waals surface area contributed by atoms with Crippen LogP contribution in [0.25, 0.3) is 10.2 Å². The van der Waals surface area contributed by atoms with Crippen molar-refractivity contribution < 1.29 is 27.4 Å². The molecule has 2 heterocycles. The van der Waals surface area contributed by atoms with E-state index in [1.807, 2.05) is 14.0 Å². The van der Waals surface area contributed by atoms with Gasteiger partial charge in [-0.2, -0.15) is 0 Å². The Morgan fingerprint density at radius 3 is 2.64 bits per heavy atom. The van der Waals surface area contributed by atoms with E-state index in [1.165, 1.54) is 41.9 Å². The van der Waals surface area contributed by atoms with Gasteiger partial charge in [0.1, 0.15) is 22.7 Å². The van der Waals surface area contributed by atoms with E-state index in [0.717, 1.165) is 6.54 Å². The van der Waals surface area contributed by atoms with Crippen molar-refractivity contribution in [2.24, 2.45) is 0 Å². The van der Waals surface area contributed by atoms with Crippen LogP contribution in [0.1, 0.15) is 16.6 Å². The third kappa shape index (κ3) is 7.55. The first-order chi connectivity index (χ1) is 15.7. The Labute approximate surface area is 192 Å². The fraction of sp³-hybridized carbons (Fsp3) is 0.381. The number of amides is 1. The molecule has 3 aromatic rings. The maximum atomic E-state index is 12.6. The maximum Gasteiger partial charge on any atom is 0.573 e. The molecule has 0 saturated carbocycles. The Morgan fingerprint density at radius 1 is 1.18 bits per heavy atom. The molecule has 0 aliphatic carbocycles. The van der Waals surface area contributed by atoms with Crippen LogP contribution in [0.4, 0.5) is 24.7 Å². The third-order valence-corrected chi connectivity index (χ3v) is 5.55. The minimum absolute atomic E-state index is 0.212. The van der Waals surface area contributed by atoms with Crippen LogP contribution < -0.4 is 15.4 Å². The zero-order chi connectivity index (χ0) is 23.8. The number of carbonyl (C=O) groups is 1. The number of thiophene rings is 1. The number of rotatable bonds is 11. The molecule has 0 saturated heterocycles. The molecular formula is C21H24F3N5O3S. The molecule has 0 unspecified atom stereocenters. The Morgan fingerprint density at radius 2 is 1.94 bits per heavy atom. The predicted molar refractivity (Wildman–Crippen MR) is 120 cm³/mol. The summed E-state index contributed by atoms with van der Waals surface area (Å²) in [6.07, 6.45) is -3.39. The monoisotopic (exact) mass is 483 g/mol. The number of hydrogen-bond acceptors (Lipinski definition) is 8. The molecule has 0 bridgehead atoms. The summed E-state index contributed by atoms with van der Waals surface area (Å²) >= 11 is 1.23. The summed E-state index contributed by atoms with van der Waals surface area (Å²) in [5, 5.41) is 6.57. The number of ether oxygens (including phenoxy) is 2. The maximum absolute atomic E-state index is 12.6. The normalized spacial score (nSPS) is 11.7. The summed E-state index contributed by atoms with van der Waals surface area (Å²) in [4.78, 5) is 24.1. The number of halogens is 3. The standard InChI is InChI=1S/C21H24F3N5O3S/c1-3-31-11-10-29(2)9-8-25-19(30)17-12-16-18(26-13-27-20(16)33-17)28-14-4-6-15(7-5-14)32-21(22,23)24/h4-7,12-13H,3,8-11H2,1-2H3,(H,25,30)(H,26,27,28). The minimum Gasteiger partial charge on any atom is -0.406 e. The highest BCUT2D eigenvalue weighted by Gasteiger charge is 2.31. The van der Waals surface area contributed by atoms with Crippen molar-refractivity contribution in [3.05, 3.63) is 41.5 Å². The highest BCUT2D eigenvalue weighted by Crippen LogP contribution is 2.31. The molecule has 0 aliphatic rings. The van der Waals surface area contributed by atoms with Gasteiger partial charge in [0, 0.05) is 31.9 Å². The largest absolute Gasteiger partial charge is 0.573 e. The number of fused-ring (bicyclic) bond motifs is 1. The first-order valence-corrected chi connectivity index (χ1v) is 11.0. The number of benzene rings is 1. The number of carbonyl (C=O) groups excluding carboxylic acids is 1. The van der Waals surface area contributed by atoms with Gasteiger partial charge in [0.2, 0.25) is 0 Å². The summed E-state index contributed by atoms with van der Waals surface area (Å²) in [6, 6.07) is 6.98. The van der Waals surface area contributed by atoms with Crippen LogP contribution in [0.2, 0.25) is 0 Å². The van der Waals surface area contributed by atoms with Crippen molar-refractivity contribution in [2.45, 2.75) is 13.3 Å². The SMILES string of the molecule is CCOCCN(C)CCNC(=O)c1cc2c(Nc3ccc(OC(F)(F)F)cc3)ncnc2s1. The molecule has 3 rings (SSSR count). The molecule has 1 aromatic carbocycles. The predicted octanol–water partition coefficient (Wildman–Crippen LogP) is 4.03. The Hall–Kier alpha value is -2.96. The molecule has 2 aromatic heterocycles. The lowest BCUT2D eigenvalue weighted by Gasteiger charge is -2.16. The van der Waals surface area contributed by atoms with Gasteiger partial charge in [-0.05, 0) is 44.3 Å². The second-order valence-electron chi connectivity index (χ2n) is 7.01. The summed E-state index contributed by atoms with van der Waals surface area (Å²) < 4.78 is 46.1. The van der Waals surface area contributed by atoms with Crippen molar-refractivity contribution in [2.75, 3.05) is 45.2 Å². The molecule has 0 aliphatic heterocycles. The first kappa shape index (κ1) is 24.7. The van der Waals surface area contributed by atoms with E-state index in [4.69, 9.17) is 4.74 Å². The molecular weight excluding hydrogens is 459 g/mol. The number of alkyl halides is 3. The average molecular weight is 484 g/mol. The van der Waals surface area contributed by atoms with Gasteiger partial charge < -0.3 is 25.0 Å². The lowest BCUT2D eigenvalue weighted by molar-refractivity contribution is -0.274. The van der Waals surface area contributed by atoms with Crippen LogP contribution in [-0.2, 0) is 4.74 Å². The number of nitrogens with zero attached hydrogens (tertiary/aromatic N) is 3. The van der Waals surface area contributed by atoms with Crippen LogP contribution >= 0.6 is 11.3 Å². The zero-order valence-corrected chi connectivity index (χ0v) is 18.9. The number of nitrogens with one attached hydrogen (secondary N) is 2. The van der Waals surface area contributed by atoms with Crippen LogP contribution in [0.3, 0.4) is 0 Å². The van der Waals surface area contributed by atoms with Crippen LogP contribution in [-0.4, -0.2) is 67.0 Å². The molecule has 0 radical (unpaired) electrons. The van der Waals surface area contributed by atoms with Crippen LogP contribution in [0, 0.1) is 0 Å². The van der Waals surface area contributed by atoms with E-state index in [0.29, 0.717) is 52.9 Å². The van der Waals surface area contributed by atoms with E-state index in [2.05, 4.69) is 30.2 Å². The summed E-state index contributed by atoms with van der Waals surface area (Å²) in [6.45, 7) is 5.21. The van der Waals surface area contributed by atoms with Gasteiger partial charge in [-0.15, -0.1) is 24.5 Å². The number of hydrogen-bond donors (Lipinski definition) is 2. The highest BCUT2D eigenvalue weighted by molar-refractivity contribution is 7.20. The van der Waals surface area contributed by atoms with E-state index in [-0.39, 0.29) is 11.7 Å². The van der Waals surface area contributed by atoms with Crippen molar-refractivity contribution in [1.82, 2.24) is 20.2 Å². The van der Waals surface area contributed by atoms with Crippen LogP contribution in [0.15, 0.2) is 36.7 Å². The van der Waals surface area contributed by atoms with E-state index >= 15 is 0 Å². The fourth-order valence-electron chi connectivity index (χ4n) is 2.87. The van der Waals surface area contributed by atoms with Gasteiger partial charge in [-0.3, -0.25) is 4.79 Å². The minimum atomic E-state index is -4.75. The van der Waals surface area contributed by atoms with Crippen LogP contribution in [0.5, 0.6) is 5.75 Å². The second-order valence-corrected chi connectivity index (χ2v) is 8.04. The van der Waals surface area contributed by atoms with Gasteiger partial charge in [-0.25, -0.2) is 9.97 Å². The Balaban J connectivity index is 1.62. The Kier molecular flexibility index (Phi) is 8.42. The van der Waals surface area contributed by atoms with Gasteiger partial charge in [0.25, 0.3) is 5.91 Å². The molecule has 33 heavy (non-hydrogen) atoms. The molecule has 0 atom stereocenters. The topological polar surface area (TPSA) is 88.6 Å². The molecule has 8 nitrogen and oxygen atoms in total. The molecule has 0 spiro atoms. The third-order valence-electron chi connectivity index (χ3n) is 4.50. The van der Waals surface area contributed by atoms with Gasteiger partial charge in [-0.1, -0.05) is 0 Å². The molecule has 0 fully saturated rings. The fourth-order valence-corrected chi connectivity index (χ4v) is 3.78. The van der Waals surface area contributed by atoms with Crippen molar-refractivity contribution in [3.8, 4) is 5.75 Å². The van der Waals surface area contributed by atoms with E-state index in [1.54, 1.807) is 6.07 Å². The highest BCUT2D eigenvalue weighted by atomic mass is 32.1. The number of aromatic nitrogens is 2. The quantitative estimate of drug-likeness (QED) is 0.398. The number of likely N-dealkylation sites (N-methyl/N-ethyl adjacent to an activating group) is 1. The van der Waals surface area contributed by atoms with E-state index < -0.39 is 6.36 Å².